The zero-order chi connectivity index (χ0) is 14.6. The molecule has 0 aliphatic heterocycles. The van der Waals surface area contributed by atoms with E-state index in [4.69, 9.17) is 5.26 Å². The first-order valence-electron chi connectivity index (χ1n) is 6.68. The standard InChI is InChI=1S/C15H16F3NO/c16-15(17,18)20-10-12-3-7-14(8-4-12)13-5-1-11(9-19)2-6-13/h1-2,5-6,12,14H,3-4,7-8,10H2. The third kappa shape index (κ3) is 4.24. The number of alkyl halides is 3. The Kier molecular flexibility index (Phi) is 4.66. The van der Waals surface area contributed by atoms with Crippen LogP contribution in [0.4, 0.5) is 13.2 Å². The third-order valence-corrected chi connectivity index (χ3v) is 3.84. The topological polar surface area (TPSA) is 33.0 Å². The van der Waals surface area contributed by atoms with E-state index in [-0.39, 0.29) is 12.5 Å². The largest absolute Gasteiger partial charge is 0.522 e. The molecule has 1 aromatic rings. The summed E-state index contributed by atoms with van der Waals surface area (Å²) in [7, 11) is 0. The Morgan fingerprint density at radius 2 is 1.70 bits per heavy atom. The summed E-state index contributed by atoms with van der Waals surface area (Å²) in [5.74, 6) is 0.371. The minimum atomic E-state index is -4.52. The van der Waals surface area contributed by atoms with E-state index in [0.717, 1.165) is 25.7 Å². The molecule has 5 heteroatoms. The van der Waals surface area contributed by atoms with E-state index in [1.54, 1.807) is 12.1 Å². The van der Waals surface area contributed by atoms with Gasteiger partial charge in [0.2, 0.25) is 0 Å². The molecule has 0 atom stereocenters. The van der Waals surface area contributed by atoms with Crippen molar-refractivity contribution in [2.75, 3.05) is 6.61 Å². The van der Waals surface area contributed by atoms with Crippen molar-refractivity contribution in [3.05, 3.63) is 35.4 Å². The van der Waals surface area contributed by atoms with E-state index < -0.39 is 6.36 Å². The van der Waals surface area contributed by atoms with Crippen molar-refractivity contribution in [1.29, 1.82) is 5.26 Å². The molecule has 1 aliphatic carbocycles. The second kappa shape index (κ2) is 6.27. The molecule has 1 saturated carbocycles. The summed E-state index contributed by atoms with van der Waals surface area (Å²) >= 11 is 0. The summed E-state index contributed by atoms with van der Waals surface area (Å²) < 4.78 is 39.8. The zero-order valence-electron chi connectivity index (χ0n) is 11.0. The second-order valence-electron chi connectivity index (χ2n) is 5.21. The molecule has 0 unspecified atom stereocenters. The molecule has 0 bridgehead atoms. The van der Waals surface area contributed by atoms with Gasteiger partial charge in [-0.25, -0.2) is 0 Å². The number of nitriles is 1. The van der Waals surface area contributed by atoms with Crippen molar-refractivity contribution >= 4 is 0 Å². The Bertz CT molecular complexity index is 467. The number of nitrogens with zero attached hydrogens (tertiary/aromatic N) is 1. The van der Waals surface area contributed by atoms with Crippen LogP contribution in [0.5, 0.6) is 0 Å². The molecule has 0 spiro atoms. The Balaban J connectivity index is 1.83. The van der Waals surface area contributed by atoms with Gasteiger partial charge < -0.3 is 0 Å². The molecule has 2 rings (SSSR count). The van der Waals surface area contributed by atoms with Crippen LogP contribution in [0.1, 0.15) is 42.7 Å². The maximum atomic E-state index is 12.0. The van der Waals surface area contributed by atoms with Crippen LogP contribution >= 0.6 is 0 Å². The Hall–Kier alpha value is -1.54. The summed E-state index contributed by atoms with van der Waals surface area (Å²) in [5, 5.41) is 8.74. The first-order valence-corrected chi connectivity index (χ1v) is 6.68. The van der Waals surface area contributed by atoms with Crippen molar-refractivity contribution in [1.82, 2.24) is 0 Å². The van der Waals surface area contributed by atoms with Crippen molar-refractivity contribution in [2.45, 2.75) is 38.0 Å². The van der Waals surface area contributed by atoms with Crippen LogP contribution in [0, 0.1) is 17.2 Å². The third-order valence-electron chi connectivity index (χ3n) is 3.84. The highest BCUT2D eigenvalue weighted by molar-refractivity contribution is 5.33. The van der Waals surface area contributed by atoms with E-state index in [1.807, 2.05) is 12.1 Å². The molecule has 1 aliphatic rings. The number of hydrogen-bond donors (Lipinski definition) is 0. The van der Waals surface area contributed by atoms with E-state index in [9.17, 15) is 13.2 Å². The van der Waals surface area contributed by atoms with Crippen LogP contribution in [0.3, 0.4) is 0 Å². The van der Waals surface area contributed by atoms with Crippen LogP contribution in [-0.2, 0) is 4.74 Å². The zero-order valence-corrected chi connectivity index (χ0v) is 11.0. The molecule has 108 valence electrons. The van der Waals surface area contributed by atoms with Crippen molar-refractivity contribution < 1.29 is 17.9 Å². The lowest BCUT2D eigenvalue weighted by atomic mass is 9.79. The van der Waals surface area contributed by atoms with Gasteiger partial charge in [-0.05, 0) is 55.2 Å². The predicted octanol–water partition coefficient (Wildman–Crippen LogP) is 4.37. The summed E-state index contributed by atoms with van der Waals surface area (Å²) in [6.07, 6.45) is -1.28. The minimum absolute atomic E-state index is 0.00810. The van der Waals surface area contributed by atoms with Gasteiger partial charge in [-0.15, -0.1) is 13.2 Å². The molecule has 2 nitrogen and oxygen atoms in total. The van der Waals surface area contributed by atoms with E-state index in [0.29, 0.717) is 11.5 Å². The maximum Gasteiger partial charge on any atom is 0.522 e. The van der Waals surface area contributed by atoms with E-state index in [2.05, 4.69) is 10.8 Å². The monoisotopic (exact) mass is 283 g/mol. The van der Waals surface area contributed by atoms with Crippen LogP contribution in [0.25, 0.3) is 0 Å². The van der Waals surface area contributed by atoms with Crippen molar-refractivity contribution in [3.63, 3.8) is 0 Å². The fourth-order valence-corrected chi connectivity index (χ4v) is 2.70. The molecule has 0 N–H and O–H groups in total. The molecular formula is C15H16F3NO. The summed E-state index contributed by atoms with van der Waals surface area (Å²) in [6, 6.07) is 9.52. The fourth-order valence-electron chi connectivity index (χ4n) is 2.70. The number of rotatable bonds is 3. The second-order valence-corrected chi connectivity index (χ2v) is 5.21. The van der Waals surface area contributed by atoms with Gasteiger partial charge >= 0.3 is 6.36 Å². The lowest BCUT2D eigenvalue weighted by Crippen LogP contribution is -2.23. The number of hydrogen-bond acceptors (Lipinski definition) is 2. The van der Waals surface area contributed by atoms with Gasteiger partial charge in [0, 0.05) is 0 Å². The normalized spacial score (nSPS) is 23.3. The van der Waals surface area contributed by atoms with Crippen LogP contribution in [0.2, 0.25) is 0 Å². The van der Waals surface area contributed by atoms with Crippen LogP contribution in [-0.4, -0.2) is 13.0 Å². The molecule has 0 radical (unpaired) electrons. The smallest absolute Gasteiger partial charge is 0.292 e. The average Bonchev–Trinajstić information content (AvgIpc) is 2.45. The molecule has 1 fully saturated rings. The lowest BCUT2D eigenvalue weighted by molar-refractivity contribution is -0.329. The van der Waals surface area contributed by atoms with Gasteiger partial charge in [-0.2, -0.15) is 5.26 Å². The Morgan fingerprint density at radius 1 is 1.10 bits per heavy atom. The molecule has 0 saturated heterocycles. The van der Waals surface area contributed by atoms with Gasteiger partial charge in [-0.3, -0.25) is 4.74 Å². The fraction of sp³-hybridized carbons (Fsp3) is 0.533. The van der Waals surface area contributed by atoms with Gasteiger partial charge in [0.05, 0.1) is 18.2 Å². The molecule has 20 heavy (non-hydrogen) atoms. The number of ether oxygens (including phenoxy) is 1. The molecular weight excluding hydrogens is 267 g/mol. The molecule has 0 aromatic heterocycles. The van der Waals surface area contributed by atoms with Crippen molar-refractivity contribution in [3.8, 4) is 6.07 Å². The highest BCUT2D eigenvalue weighted by Gasteiger charge is 2.31. The van der Waals surface area contributed by atoms with E-state index >= 15 is 0 Å². The van der Waals surface area contributed by atoms with E-state index in [1.165, 1.54) is 5.56 Å². The molecule has 1 aromatic carbocycles. The van der Waals surface area contributed by atoms with Gasteiger partial charge in [0.1, 0.15) is 0 Å². The van der Waals surface area contributed by atoms with Gasteiger partial charge in [0.15, 0.2) is 0 Å². The average molecular weight is 283 g/mol. The SMILES string of the molecule is N#Cc1ccc(C2CCC(COC(F)(F)F)CC2)cc1. The summed E-state index contributed by atoms with van der Waals surface area (Å²) in [6.45, 7) is -0.233. The number of halogens is 3. The molecule has 0 heterocycles. The highest BCUT2D eigenvalue weighted by Crippen LogP contribution is 2.36. The van der Waals surface area contributed by atoms with Gasteiger partial charge in [0.25, 0.3) is 0 Å². The highest BCUT2D eigenvalue weighted by atomic mass is 19.4. The predicted molar refractivity (Wildman–Crippen MR) is 67.9 cm³/mol. The molecule has 0 amide bonds. The van der Waals surface area contributed by atoms with Crippen LogP contribution in [0.15, 0.2) is 24.3 Å². The number of benzene rings is 1. The minimum Gasteiger partial charge on any atom is -0.292 e. The first kappa shape index (κ1) is 14.9. The maximum absolute atomic E-state index is 12.0. The van der Waals surface area contributed by atoms with Crippen LogP contribution < -0.4 is 0 Å². The summed E-state index contributed by atoms with van der Waals surface area (Å²) in [4.78, 5) is 0. The lowest BCUT2D eigenvalue weighted by Gasteiger charge is -2.28. The van der Waals surface area contributed by atoms with Crippen molar-refractivity contribution in [2.24, 2.45) is 5.92 Å². The van der Waals surface area contributed by atoms with Gasteiger partial charge in [-0.1, -0.05) is 12.1 Å². The Labute approximate surface area is 116 Å². The quantitative estimate of drug-likeness (QED) is 0.825. The Morgan fingerprint density at radius 3 is 2.20 bits per heavy atom. The summed E-state index contributed by atoms with van der Waals surface area (Å²) in [5.41, 5.74) is 1.79. The first-order chi connectivity index (χ1) is 9.48.